The molecule has 0 radical (unpaired) electrons. The Kier molecular flexibility index (Phi) is 4.55. The van der Waals surface area contributed by atoms with Gasteiger partial charge in [0.1, 0.15) is 5.65 Å². The van der Waals surface area contributed by atoms with E-state index in [9.17, 15) is 9.59 Å². The van der Waals surface area contributed by atoms with Crippen LogP contribution in [0.5, 0.6) is 0 Å². The van der Waals surface area contributed by atoms with Crippen LogP contribution in [0.1, 0.15) is 26.5 Å². The van der Waals surface area contributed by atoms with E-state index in [0.29, 0.717) is 16.2 Å². The van der Waals surface area contributed by atoms with Crippen molar-refractivity contribution in [3.05, 3.63) is 69.6 Å². The van der Waals surface area contributed by atoms with E-state index in [4.69, 9.17) is 27.9 Å². The number of imidazole rings is 1. The van der Waals surface area contributed by atoms with Crippen LogP contribution in [0.4, 0.5) is 0 Å². The van der Waals surface area contributed by atoms with Gasteiger partial charge in [-0.2, -0.15) is 0 Å². The van der Waals surface area contributed by atoms with Gasteiger partial charge in [0, 0.05) is 17.5 Å². The molecule has 5 nitrogen and oxygen atoms in total. The van der Waals surface area contributed by atoms with Gasteiger partial charge in [0.05, 0.1) is 10.0 Å². The van der Waals surface area contributed by atoms with Crippen LogP contribution in [-0.2, 0) is 4.74 Å². The number of Topliss-reactive ketones (excluding diaryl/α,β-unsaturated/α-hetero) is 1. The molecule has 0 spiro atoms. The standard InChI is InChI=1S/C17H12Cl2N2O3/c1-10-3-2-4-16-20-14(8-21(10)16)17(23)24-9-15(22)11-5-6-12(18)13(19)7-11/h2-8H,9H2,1H3. The Labute approximate surface area is 147 Å². The number of ketones is 1. The minimum atomic E-state index is -0.661. The molecule has 1 aromatic carbocycles. The molecule has 0 saturated heterocycles. The first-order valence-corrected chi connectivity index (χ1v) is 7.81. The predicted octanol–water partition coefficient (Wildman–Crippen LogP) is 3.99. The average molecular weight is 363 g/mol. The maximum Gasteiger partial charge on any atom is 0.359 e. The Bertz CT molecular complexity index is 950. The number of fused-ring (bicyclic) bond motifs is 1. The molecular formula is C17H12Cl2N2O3. The molecule has 3 rings (SSSR count). The lowest BCUT2D eigenvalue weighted by Gasteiger charge is -2.04. The molecule has 0 atom stereocenters. The zero-order chi connectivity index (χ0) is 17.3. The number of halogens is 2. The van der Waals surface area contributed by atoms with E-state index in [2.05, 4.69) is 4.98 Å². The molecular weight excluding hydrogens is 351 g/mol. The number of nitrogens with zero attached hydrogens (tertiary/aromatic N) is 2. The predicted molar refractivity (Wildman–Crippen MR) is 91.0 cm³/mol. The van der Waals surface area contributed by atoms with Crippen LogP contribution >= 0.6 is 23.2 Å². The van der Waals surface area contributed by atoms with Crippen molar-refractivity contribution >= 4 is 40.6 Å². The number of pyridine rings is 1. The lowest BCUT2D eigenvalue weighted by Crippen LogP contribution is -2.14. The van der Waals surface area contributed by atoms with Crippen LogP contribution < -0.4 is 0 Å². The van der Waals surface area contributed by atoms with E-state index >= 15 is 0 Å². The molecule has 0 fully saturated rings. The summed E-state index contributed by atoms with van der Waals surface area (Å²) in [6, 6.07) is 10.0. The molecule has 7 heteroatoms. The summed E-state index contributed by atoms with van der Waals surface area (Å²) in [4.78, 5) is 28.3. The summed E-state index contributed by atoms with van der Waals surface area (Å²) in [5.41, 5.74) is 2.04. The van der Waals surface area contributed by atoms with Gasteiger partial charge in [0.15, 0.2) is 18.1 Å². The number of ether oxygens (including phenoxy) is 1. The van der Waals surface area contributed by atoms with Crippen molar-refractivity contribution in [2.24, 2.45) is 0 Å². The fourth-order valence-corrected chi connectivity index (χ4v) is 2.50. The molecule has 3 aromatic rings. The zero-order valence-electron chi connectivity index (χ0n) is 12.6. The Morgan fingerprint density at radius 2 is 1.96 bits per heavy atom. The molecule has 0 unspecified atom stereocenters. The smallest absolute Gasteiger partial charge is 0.359 e. The van der Waals surface area contributed by atoms with Crippen LogP contribution in [0, 0.1) is 6.92 Å². The zero-order valence-corrected chi connectivity index (χ0v) is 14.1. The minimum Gasteiger partial charge on any atom is -0.453 e. The Morgan fingerprint density at radius 1 is 1.17 bits per heavy atom. The lowest BCUT2D eigenvalue weighted by molar-refractivity contribution is 0.0469. The highest BCUT2D eigenvalue weighted by Gasteiger charge is 2.16. The lowest BCUT2D eigenvalue weighted by atomic mass is 10.1. The first-order chi connectivity index (χ1) is 11.5. The quantitative estimate of drug-likeness (QED) is 0.520. The summed E-state index contributed by atoms with van der Waals surface area (Å²) >= 11 is 11.7. The van der Waals surface area contributed by atoms with Crippen LogP contribution in [0.3, 0.4) is 0 Å². The van der Waals surface area contributed by atoms with Crippen LogP contribution in [0.2, 0.25) is 10.0 Å². The van der Waals surface area contributed by atoms with E-state index < -0.39 is 12.6 Å². The SMILES string of the molecule is Cc1cccc2nc(C(=O)OCC(=O)c3ccc(Cl)c(Cl)c3)cn12. The maximum atomic E-state index is 12.1. The third-order valence-corrected chi connectivity index (χ3v) is 4.22. The minimum absolute atomic E-state index is 0.145. The second-order valence-electron chi connectivity index (χ2n) is 5.15. The van der Waals surface area contributed by atoms with Gasteiger partial charge in [-0.05, 0) is 37.3 Å². The first-order valence-electron chi connectivity index (χ1n) is 7.06. The second-order valence-corrected chi connectivity index (χ2v) is 5.96. The van der Waals surface area contributed by atoms with E-state index in [1.54, 1.807) is 16.7 Å². The van der Waals surface area contributed by atoms with Crippen molar-refractivity contribution < 1.29 is 14.3 Å². The van der Waals surface area contributed by atoms with Crippen molar-refractivity contribution in [1.82, 2.24) is 9.38 Å². The molecule has 0 saturated carbocycles. The van der Waals surface area contributed by atoms with E-state index in [1.165, 1.54) is 18.2 Å². The van der Waals surface area contributed by atoms with Gasteiger partial charge in [-0.15, -0.1) is 0 Å². The summed E-state index contributed by atoms with van der Waals surface area (Å²) in [6.45, 7) is 1.50. The first kappa shape index (κ1) is 16.5. The summed E-state index contributed by atoms with van der Waals surface area (Å²) in [5, 5.41) is 0.620. The summed E-state index contributed by atoms with van der Waals surface area (Å²) in [7, 11) is 0. The molecule has 0 aliphatic heterocycles. The Hall–Kier alpha value is -2.37. The maximum absolute atomic E-state index is 12.1. The van der Waals surface area contributed by atoms with E-state index in [0.717, 1.165) is 5.69 Å². The van der Waals surface area contributed by atoms with Crippen LogP contribution in [-0.4, -0.2) is 27.7 Å². The normalized spacial score (nSPS) is 10.8. The highest BCUT2D eigenvalue weighted by molar-refractivity contribution is 6.42. The third kappa shape index (κ3) is 3.27. The number of rotatable bonds is 4. The molecule has 24 heavy (non-hydrogen) atoms. The van der Waals surface area contributed by atoms with Crippen LogP contribution in [0.25, 0.3) is 5.65 Å². The van der Waals surface area contributed by atoms with E-state index in [1.807, 2.05) is 19.1 Å². The van der Waals surface area contributed by atoms with Crippen molar-refractivity contribution in [3.8, 4) is 0 Å². The Morgan fingerprint density at radius 3 is 2.67 bits per heavy atom. The highest BCUT2D eigenvalue weighted by atomic mass is 35.5. The fraction of sp³-hybridized carbons (Fsp3) is 0.118. The molecule has 2 aromatic heterocycles. The number of aromatic nitrogens is 2. The van der Waals surface area contributed by atoms with Crippen molar-refractivity contribution in [3.63, 3.8) is 0 Å². The number of benzene rings is 1. The van der Waals surface area contributed by atoms with Gasteiger partial charge in [-0.1, -0.05) is 29.3 Å². The van der Waals surface area contributed by atoms with Gasteiger partial charge < -0.3 is 9.14 Å². The molecule has 2 heterocycles. The number of hydrogen-bond donors (Lipinski definition) is 0. The van der Waals surface area contributed by atoms with Gasteiger partial charge in [0.2, 0.25) is 0 Å². The third-order valence-electron chi connectivity index (χ3n) is 3.48. The largest absolute Gasteiger partial charge is 0.453 e. The van der Waals surface area contributed by atoms with Crippen molar-refractivity contribution in [2.45, 2.75) is 6.92 Å². The van der Waals surface area contributed by atoms with Crippen LogP contribution in [0.15, 0.2) is 42.6 Å². The number of carbonyl (C=O) groups excluding carboxylic acids is 2. The highest BCUT2D eigenvalue weighted by Crippen LogP contribution is 2.22. The molecule has 0 N–H and O–H groups in total. The number of esters is 1. The van der Waals surface area contributed by atoms with Crippen molar-refractivity contribution in [2.75, 3.05) is 6.61 Å². The molecule has 0 bridgehead atoms. The molecule has 0 amide bonds. The molecule has 0 aliphatic carbocycles. The van der Waals surface area contributed by atoms with Gasteiger partial charge in [-0.25, -0.2) is 9.78 Å². The Balaban J connectivity index is 1.71. The average Bonchev–Trinajstić information content (AvgIpc) is 3.00. The second kappa shape index (κ2) is 6.63. The summed E-state index contributed by atoms with van der Waals surface area (Å²) in [5.74, 6) is -1.03. The number of aryl methyl sites for hydroxylation is 1. The van der Waals surface area contributed by atoms with Gasteiger partial charge in [0.25, 0.3) is 0 Å². The van der Waals surface area contributed by atoms with Gasteiger partial charge >= 0.3 is 5.97 Å². The molecule has 122 valence electrons. The molecule has 0 aliphatic rings. The number of carbonyl (C=O) groups is 2. The number of hydrogen-bond acceptors (Lipinski definition) is 4. The monoisotopic (exact) mass is 362 g/mol. The van der Waals surface area contributed by atoms with E-state index in [-0.39, 0.29) is 16.5 Å². The fourth-order valence-electron chi connectivity index (χ4n) is 2.20. The summed E-state index contributed by atoms with van der Waals surface area (Å²) in [6.07, 6.45) is 1.58. The van der Waals surface area contributed by atoms with Crippen molar-refractivity contribution in [1.29, 1.82) is 0 Å². The van der Waals surface area contributed by atoms with Gasteiger partial charge in [-0.3, -0.25) is 4.79 Å². The summed E-state index contributed by atoms with van der Waals surface area (Å²) < 4.78 is 6.82. The topological polar surface area (TPSA) is 60.7 Å².